The lowest BCUT2D eigenvalue weighted by atomic mass is 9.98. The summed E-state index contributed by atoms with van der Waals surface area (Å²) in [5.41, 5.74) is 1.26. The van der Waals surface area contributed by atoms with Gasteiger partial charge in [0, 0.05) is 6.61 Å². The third kappa shape index (κ3) is 11.5. The molecule has 0 saturated heterocycles. The summed E-state index contributed by atoms with van der Waals surface area (Å²) in [5, 5.41) is 0. The van der Waals surface area contributed by atoms with E-state index in [4.69, 9.17) is 4.74 Å². The predicted molar refractivity (Wildman–Crippen MR) is 106 cm³/mol. The smallest absolute Gasteiger partial charge is 0.0716 e. The molecule has 1 rings (SSSR count). The molecular formula is C23H38O. The molecule has 0 unspecified atom stereocenters. The summed E-state index contributed by atoms with van der Waals surface area (Å²) >= 11 is 0. The van der Waals surface area contributed by atoms with Gasteiger partial charge in [0.1, 0.15) is 0 Å². The van der Waals surface area contributed by atoms with E-state index in [2.05, 4.69) is 57.2 Å². The molecule has 0 spiro atoms. The number of benzene rings is 1. The molecule has 1 heteroatoms. The summed E-state index contributed by atoms with van der Waals surface area (Å²) in [4.78, 5) is 0. The standard InChI is InChI=1S/C23H38O/c1-4-5-6-7-9-13-21(2)14-12-15-22(3)18-19-24-20-23-16-10-8-11-17-23/h8,10-12,15-17,21-22H,4-7,9,13-14,18-20H2,1-3H3/b15-12+/t21-,22-/m0/s1. The summed E-state index contributed by atoms with van der Waals surface area (Å²) in [6, 6.07) is 10.4. The molecule has 2 atom stereocenters. The molecule has 0 aliphatic carbocycles. The highest BCUT2D eigenvalue weighted by Crippen LogP contribution is 2.16. The van der Waals surface area contributed by atoms with Crippen LogP contribution in [0.5, 0.6) is 0 Å². The fourth-order valence-electron chi connectivity index (χ4n) is 2.89. The molecule has 0 amide bonds. The van der Waals surface area contributed by atoms with Gasteiger partial charge < -0.3 is 4.74 Å². The zero-order valence-corrected chi connectivity index (χ0v) is 16.2. The van der Waals surface area contributed by atoms with E-state index in [1.165, 1.54) is 50.5 Å². The van der Waals surface area contributed by atoms with Crippen molar-refractivity contribution in [2.24, 2.45) is 11.8 Å². The van der Waals surface area contributed by atoms with Crippen LogP contribution in [0.1, 0.15) is 77.7 Å². The van der Waals surface area contributed by atoms with Gasteiger partial charge in [-0.3, -0.25) is 0 Å². The molecule has 24 heavy (non-hydrogen) atoms. The van der Waals surface area contributed by atoms with E-state index in [0.29, 0.717) is 5.92 Å². The van der Waals surface area contributed by atoms with Gasteiger partial charge in [0.2, 0.25) is 0 Å². The molecule has 0 saturated carbocycles. The third-order valence-electron chi connectivity index (χ3n) is 4.63. The molecule has 1 aromatic carbocycles. The fourth-order valence-corrected chi connectivity index (χ4v) is 2.89. The van der Waals surface area contributed by atoms with Gasteiger partial charge in [-0.15, -0.1) is 0 Å². The van der Waals surface area contributed by atoms with Crippen molar-refractivity contribution in [2.75, 3.05) is 6.61 Å². The minimum Gasteiger partial charge on any atom is -0.377 e. The van der Waals surface area contributed by atoms with E-state index in [0.717, 1.165) is 25.6 Å². The summed E-state index contributed by atoms with van der Waals surface area (Å²) in [6.45, 7) is 8.52. The maximum atomic E-state index is 5.77. The molecule has 0 aliphatic rings. The summed E-state index contributed by atoms with van der Waals surface area (Å²) < 4.78 is 5.77. The minimum atomic E-state index is 0.609. The van der Waals surface area contributed by atoms with Gasteiger partial charge in [0.15, 0.2) is 0 Å². The molecule has 0 fully saturated rings. The molecule has 1 aromatic rings. The quantitative estimate of drug-likeness (QED) is 0.259. The van der Waals surface area contributed by atoms with Gasteiger partial charge in [-0.05, 0) is 30.2 Å². The van der Waals surface area contributed by atoms with Crippen LogP contribution in [0.3, 0.4) is 0 Å². The third-order valence-corrected chi connectivity index (χ3v) is 4.63. The van der Waals surface area contributed by atoms with Crippen LogP contribution in [0.25, 0.3) is 0 Å². The topological polar surface area (TPSA) is 9.23 Å². The van der Waals surface area contributed by atoms with Crippen molar-refractivity contribution < 1.29 is 4.74 Å². The van der Waals surface area contributed by atoms with Gasteiger partial charge in [-0.2, -0.15) is 0 Å². The fraction of sp³-hybridized carbons (Fsp3) is 0.652. The molecule has 0 radical (unpaired) electrons. The maximum Gasteiger partial charge on any atom is 0.0716 e. The molecular weight excluding hydrogens is 292 g/mol. The van der Waals surface area contributed by atoms with E-state index in [9.17, 15) is 0 Å². The normalized spacial score (nSPS) is 14.1. The zero-order valence-electron chi connectivity index (χ0n) is 16.2. The Labute approximate surface area is 150 Å². The van der Waals surface area contributed by atoms with Crippen molar-refractivity contribution in [1.82, 2.24) is 0 Å². The van der Waals surface area contributed by atoms with E-state index < -0.39 is 0 Å². The Morgan fingerprint density at radius 2 is 1.71 bits per heavy atom. The molecule has 1 nitrogen and oxygen atoms in total. The van der Waals surface area contributed by atoms with Crippen molar-refractivity contribution in [3.63, 3.8) is 0 Å². The zero-order chi connectivity index (χ0) is 17.5. The highest BCUT2D eigenvalue weighted by molar-refractivity contribution is 5.13. The monoisotopic (exact) mass is 330 g/mol. The van der Waals surface area contributed by atoms with Gasteiger partial charge >= 0.3 is 0 Å². The van der Waals surface area contributed by atoms with Crippen LogP contribution in [0.2, 0.25) is 0 Å². The predicted octanol–water partition coefficient (Wildman–Crippen LogP) is 7.17. The highest BCUT2D eigenvalue weighted by atomic mass is 16.5. The van der Waals surface area contributed by atoms with Crippen LogP contribution >= 0.6 is 0 Å². The Morgan fingerprint density at radius 3 is 2.46 bits per heavy atom. The Bertz CT molecular complexity index is 409. The molecule has 136 valence electrons. The highest BCUT2D eigenvalue weighted by Gasteiger charge is 2.01. The number of allylic oxidation sites excluding steroid dienone is 2. The SMILES string of the molecule is CCCCCCC[C@H](C)C/C=C/[C@H](C)CCOCc1ccccc1. The lowest BCUT2D eigenvalue weighted by Crippen LogP contribution is -2.00. The summed E-state index contributed by atoms with van der Waals surface area (Å²) in [5.74, 6) is 1.43. The van der Waals surface area contributed by atoms with Gasteiger partial charge in [-0.25, -0.2) is 0 Å². The van der Waals surface area contributed by atoms with Crippen LogP contribution in [0.15, 0.2) is 42.5 Å². The number of unbranched alkanes of at least 4 members (excludes halogenated alkanes) is 4. The first kappa shape index (κ1) is 21.0. The van der Waals surface area contributed by atoms with E-state index in [-0.39, 0.29) is 0 Å². The second-order valence-electron chi connectivity index (χ2n) is 7.28. The Hall–Kier alpha value is -1.08. The van der Waals surface area contributed by atoms with Crippen molar-refractivity contribution in [3.8, 4) is 0 Å². The second kappa shape index (κ2) is 14.3. The van der Waals surface area contributed by atoms with Crippen molar-refractivity contribution >= 4 is 0 Å². The van der Waals surface area contributed by atoms with Gasteiger partial charge in [0.05, 0.1) is 6.61 Å². The first-order valence-corrected chi connectivity index (χ1v) is 10.0. The van der Waals surface area contributed by atoms with Crippen LogP contribution in [-0.2, 0) is 11.3 Å². The van der Waals surface area contributed by atoms with Crippen LogP contribution in [0.4, 0.5) is 0 Å². The van der Waals surface area contributed by atoms with E-state index in [1.807, 2.05) is 6.07 Å². The van der Waals surface area contributed by atoms with Crippen molar-refractivity contribution in [2.45, 2.75) is 78.7 Å². The van der Waals surface area contributed by atoms with Gasteiger partial charge in [0.25, 0.3) is 0 Å². The average molecular weight is 331 g/mol. The largest absolute Gasteiger partial charge is 0.377 e. The minimum absolute atomic E-state index is 0.609. The Kier molecular flexibility index (Phi) is 12.5. The number of rotatable bonds is 14. The van der Waals surface area contributed by atoms with Crippen molar-refractivity contribution in [1.29, 1.82) is 0 Å². The van der Waals surface area contributed by atoms with Crippen LogP contribution < -0.4 is 0 Å². The molecule has 0 aliphatic heterocycles. The second-order valence-corrected chi connectivity index (χ2v) is 7.28. The molecule has 0 heterocycles. The first-order chi connectivity index (χ1) is 11.7. The number of hydrogen-bond acceptors (Lipinski definition) is 1. The molecule has 0 N–H and O–H groups in total. The van der Waals surface area contributed by atoms with E-state index >= 15 is 0 Å². The maximum absolute atomic E-state index is 5.77. The number of ether oxygens (including phenoxy) is 1. The average Bonchev–Trinajstić information content (AvgIpc) is 2.59. The number of hydrogen-bond donors (Lipinski definition) is 0. The van der Waals surface area contributed by atoms with Crippen molar-refractivity contribution in [3.05, 3.63) is 48.0 Å². The lowest BCUT2D eigenvalue weighted by molar-refractivity contribution is 0.113. The lowest BCUT2D eigenvalue weighted by Gasteiger charge is -2.10. The Balaban J connectivity index is 2.01. The Morgan fingerprint density at radius 1 is 0.958 bits per heavy atom. The van der Waals surface area contributed by atoms with Crippen LogP contribution in [0, 0.1) is 11.8 Å². The van der Waals surface area contributed by atoms with Gasteiger partial charge in [-0.1, -0.05) is 102 Å². The summed E-state index contributed by atoms with van der Waals surface area (Å²) in [7, 11) is 0. The summed E-state index contributed by atoms with van der Waals surface area (Å²) in [6.07, 6.45) is 15.4. The first-order valence-electron chi connectivity index (χ1n) is 10.0. The van der Waals surface area contributed by atoms with Crippen LogP contribution in [-0.4, -0.2) is 6.61 Å². The molecule has 0 aromatic heterocycles. The molecule has 0 bridgehead atoms. The van der Waals surface area contributed by atoms with E-state index in [1.54, 1.807) is 0 Å².